The number of aromatic nitrogens is 3. The summed E-state index contributed by atoms with van der Waals surface area (Å²) in [6, 6.07) is 0.170. The molecule has 1 aliphatic carbocycles. The quantitative estimate of drug-likeness (QED) is 0.885. The van der Waals surface area contributed by atoms with Crippen LogP contribution in [0, 0.1) is 13.8 Å². The first-order valence-corrected chi connectivity index (χ1v) is 9.13. The third kappa shape index (κ3) is 3.20. The van der Waals surface area contributed by atoms with Crippen LogP contribution in [-0.2, 0) is 19.4 Å². The van der Waals surface area contributed by atoms with E-state index >= 15 is 0 Å². The predicted molar refractivity (Wildman–Crippen MR) is 92.4 cm³/mol. The van der Waals surface area contributed by atoms with Crippen LogP contribution in [-0.4, -0.2) is 45.3 Å². The van der Waals surface area contributed by atoms with E-state index in [1.165, 1.54) is 6.42 Å². The van der Waals surface area contributed by atoms with Gasteiger partial charge in [0.2, 0.25) is 0 Å². The Labute approximate surface area is 147 Å². The lowest BCUT2D eigenvalue weighted by molar-refractivity contribution is 0.0931. The Bertz CT molecular complexity index is 759. The standard InChI is InChI=1S/C18H25N5O2/c1-11-15(12(2)25-22-11)10-23-8-7-13(9-23)19-18(24)17-14-5-3-4-6-16(14)20-21-17/h13H,3-10H2,1-2H3,(H,19,24)(H,20,21). The van der Waals surface area contributed by atoms with Crippen molar-refractivity contribution in [3.05, 3.63) is 34.0 Å². The van der Waals surface area contributed by atoms with Crippen molar-refractivity contribution >= 4 is 5.91 Å². The summed E-state index contributed by atoms with van der Waals surface area (Å²) in [5.41, 5.74) is 4.97. The summed E-state index contributed by atoms with van der Waals surface area (Å²) < 4.78 is 5.24. The molecule has 134 valence electrons. The number of likely N-dealkylation sites (tertiary alicyclic amines) is 1. The van der Waals surface area contributed by atoms with Crippen LogP contribution >= 0.6 is 0 Å². The van der Waals surface area contributed by atoms with Gasteiger partial charge in [-0.05, 0) is 46.0 Å². The van der Waals surface area contributed by atoms with E-state index in [0.717, 1.165) is 73.6 Å². The SMILES string of the molecule is Cc1noc(C)c1CN1CCC(NC(=O)c2n[nH]c3c2CCCC3)C1. The fraction of sp³-hybridized carbons (Fsp3) is 0.611. The molecular formula is C18H25N5O2. The Kier molecular flexibility index (Phi) is 4.33. The summed E-state index contributed by atoms with van der Waals surface area (Å²) in [5.74, 6) is 0.844. The summed E-state index contributed by atoms with van der Waals surface area (Å²) in [6.45, 7) is 6.56. The first-order valence-electron chi connectivity index (χ1n) is 9.13. The van der Waals surface area contributed by atoms with Crippen molar-refractivity contribution in [2.75, 3.05) is 13.1 Å². The lowest BCUT2D eigenvalue weighted by Crippen LogP contribution is -2.37. The highest BCUT2D eigenvalue weighted by Gasteiger charge is 2.28. The Morgan fingerprint density at radius 2 is 2.20 bits per heavy atom. The molecule has 4 rings (SSSR count). The monoisotopic (exact) mass is 343 g/mol. The fourth-order valence-corrected chi connectivity index (χ4v) is 3.97. The smallest absolute Gasteiger partial charge is 0.272 e. The summed E-state index contributed by atoms with van der Waals surface area (Å²) in [7, 11) is 0. The number of H-pyrrole nitrogens is 1. The molecule has 0 spiro atoms. The third-order valence-electron chi connectivity index (χ3n) is 5.44. The zero-order valence-corrected chi connectivity index (χ0v) is 14.9. The van der Waals surface area contributed by atoms with Crippen LogP contribution in [0.2, 0.25) is 0 Å². The average Bonchev–Trinajstić information content (AvgIpc) is 3.30. The maximum absolute atomic E-state index is 12.6. The number of aromatic amines is 1. The van der Waals surface area contributed by atoms with Crippen molar-refractivity contribution in [3.8, 4) is 0 Å². The molecule has 1 unspecified atom stereocenters. The van der Waals surface area contributed by atoms with Gasteiger partial charge in [0.15, 0.2) is 5.69 Å². The molecule has 1 amide bonds. The lowest BCUT2D eigenvalue weighted by atomic mass is 9.95. The molecule has 1 atom stereocenters. The van der Waals surface area contributed by atoms with Crippen molar-refractivity contribution in [1.82, 2.24) is 25.6 Å². The minimum absolute atomic E-state index is 0.0383. The second kappa shape index (κ2) is 6.63. The zero-order valence-electron chi connectivity index (χ0n) is 14.9. The van der Waals surface area contributed by atoms with Gasteiger partial charge in [0, 0.05) is 42.5 Å². The second-order valence-electron chi connectivity index (χ2n) is 7.23. The van der Waals surface area contributed by atoms with Gasteiger partial charge in [-0.15, -0.1) is 0 Å². The van der Waals surface area contributed by atoms with E-state index in [2.05, 4.69) is 25.6 Å². The van der Waals surface area contributed by atoms with E-state index in [9.17, 15) is 4.79 Å². The van der Waals surface area contributed by atoms with Gasteiger partial charge in [0.1, 0.15) is 5.76 Å². The molecule has 7 nitrogen and oxygen atoms in total. The molecule has 1 saturated heterocycles. The van der Waals surface area contributed by atoms with E-state index < -0.39 is 0 Å². The molecule has 0 saturated carbocycles. The van der Waals surface area contributed by atoms with Gasteiger partial charge in [0.05, 0.1) is 5.69 Å². The Morgan fingerprint density at radius 3 is 3.00 bits per heavy atom. The lowest BCUT2D eigenvalue weighted by Gasteiger charge is -2.17. The molecule has 7 heteroatoms. The number of hydrogen-bond acceptors (Lipinski definition) is 5. The molecule has 0 aromatic carbocycles. The molecule has 3 heterocycles. The Morgan fingerprint density at radius 1 is 1.36 bits per heavy atom. The largest absolute Gasteiger partial charge is 0.361 e. The van der Waals surface area contributed by atoms with Gasteiger partial charge >= 0.3 is 0 Å². The number of fused-ring (bicyclic) bond motifs is 1. The van der Waals surface area contributed by atoms with Crippen molar-refractivity contribution in [2.45, 2.75) is 58.5 Å². The maximum atomic E-state index is 12.6. The number of nitrogens with zero attached hydrogens (tertiary/aromatic N) is 3. The average molecular weight is 343 g/mol. The summed E-state index contributed by atoms with van der Waals surface area (Å²) >= 11 is 0. The molecule has 0 bridgehead atoms. The van der Waals surface area contributed by atoms with Crippen LogP contribution in [0.5, 0.6) is 0 Å². The van der Waals surface area contributed by atoms with Gasteiger partial charge in [-0.2, -0.15) is 5.10 Å². The highest BCUT2D eigenvalue weighted by molar-refractivity contribution is 5.94. The molecule has 1 aliphatic heterocycles. The van der Waals surface area contributed by atoms with Crippen molar-refractivity contribution < 1.29 is 9.32 Å². The van der Waals surface area contributed by atoms with E-state index in [1.807, 2.05) is 13.8 Å². The van der Waals surface area contributed by atoms with Gasteiger partial charge in [-0.1, -0.05) is 5.16 Å². The number of nitrogens with one attached hydrogen (secondary N) is 2. The van der Waals surface area contributed by atoms with Crippen molar-refractivity contribution in [2.24, 2.45) is 0 Å². The fourth-order valence-electron chi connectivity index (χ4n) is 3.97. The molecule has 25 heavy (non-hydrogen) atoms. The number of carbonyl (C=O) groups excluding carboxylic acids is 1. The first kappa shape index (κ1) is 16.3. The zero-order chi connectivity index (χ0) is 17.4. The van der Waals surface area contributed by atoms with Crippen LogP contribution in [0.1, 0.15) is 58.0 Å². The molecule has 0 radical (unpaired) electrons. The minimum atomic E-state index is -0.0383. The molecule has 1 fully saturated rings. The molecule has 2 aromatic rings. The third-order valence-corrected chi connectivity index (χ3v) is 5.44. The van der Waals surface area contributed by atoms with Crippen molar-refractivity contribution in [1.29, 1.82) is 0 Å². The van der Waals surface area contributed by atoms with Crippen LogP contribution in [0.3, 0.4) is 0 Å². The number of hydrogen-bond donors (Lipinski definition) is 2. The van der Waals surface area contributed by atoms with Crippen LogP contribution in [0.4, 0.5) is 0 Å². The van der Waals surface area contributed by atoms with Crippen molar-refractivity contribution in [3.63, 3.8) is 0 Å². The Hall–Kier alpha value is -2.15. The van der Waals surface area contributed by atoms with Gasteiger partial charge in [-0.3, -0.25) is 14.8 Å². The molecule has 2 aromatic heterocycles. The number of amides is 1. The normalized spacial score (nSPS) is 20.6. The summed E-state index contributed by atoms with van der Waals surface area (Å²) in [4.78, 5) is 15.0. The Balaban J connectivity index is 1.36. The highest BCUT2D eigenvalue weighted by atomic mass is 16.5. The summed E-state index contributed by atoms with van der Waals surface area (Å²) in [5, 5.41) is 14.5. The maximum Gasteiger partial charge on any atom is 0.272 e. The molecular weight excluding hydrogens is 318 g/mol. The highest BCUT2D eigenvalue weighted by Crippen LogP contribution is 2.23. The van der Waals surface area contributed by atoms with Gasteiger partial charge in [-0.25, -0.2) is 0 Å². The van der Waals surface area contributed by atoms with E-state index in [-0.39, 0.29) is 11.9 Å². The van der Waals surface area contributed by atoms with E-state index in [1.54, 1.807) is 0 Å². The predicted octanol–water partition coefficient (Wildman–Crippen LogP) is 1.90. The second-order valence-corrected chi connectivity index (χ2v) is 7.23. The first-order chi connectivity index (χ1) is 12.1. The molecule has 2 aliphatic rings. The van der Waals surface area contributed by atoms with Gasteiger partial charge in [0.25, 0.3) is 5.91 Å². The van der Waals surface area contributed by atoms with E-state index in [0.29, 0.717) is 5.69 Å². The minimum Gasteiger partial charge on any atom is -0.361 e. The van der Waals surface area contributed by atoms with Crippen LogP contribution in [0.25, 0.3) is 0 Å². The number of aryl methyl sites for hydroxylation is 3. The number of rotatable bonds is 4. The van der Waals surface area contributed by atoms with Crippen LogP contribution in [0.15, 0.2) is 4.52 Å². The van der Waals surface area contributed by atoms with E-state index in [4.69, 9.17) is 4.52 Å². The number of carbonyl (C=O) groups is 1. The topological polar surface area (TPSA) is 87.1 Å². The van der Waals surface area contributed by atoms with Crippen LogP contribution < -0.4 is 5.32 Å². The van der Waals surface area contributed by atoms with Gasteiger partial charge < -0.3 is 9.84 Å². The summed E-state index contributed by atoms with van der Waals surface area (Å²) in [6.07, 6.45) is 5.24. The molecule has 2 N–H and O–H groups in total.